The predicted octanol–water partition coefficient (Wildman–Crippen LogP) is 0.781. The summed E-state index contributed by atoms with van der Waals surface area (Å²) in [6, 6.07) is 0.503. The Labute approximate surface area is 56.6 Å². The molecule has 2 nitrogen and oxygen atoms in total. The van der Waals surface area contributed by atoms with Crippen LogP contribution in [0.25, 0.3) is 0 Å². The zero-order valence-electron chi connectivity index (χ0n) is 6.01. The number of nitrogens with zero attached hydrogens (tertiary/aromatic N) is 2. The number of piperidine rings is 1. The fourth-order valence-corrected chi connectivity index (χ4v) is 1.29. The molecule has 0 bridgehead atoms. The van der Waals surface area contributed by atoms with Gasteiger partial charge in [0.1, 0.15) is 0 Å². The van der Waals surface area contributed by atoms with Crippen LogP contribution < -0.4 is 0 Å². The van der Waals surface area contributed by atoms with Gasteiger partial charge in [-0.25, -0.2) is 0 Å². The van der Waals surface area contributed by atoms with Crippen molar-refractivity contribution in [2.24, 2.45) is 4.99 Å². The van der Waals surface area contributed by atoms with E-state index in [2.05, 4.69) is 23.7 Å². The first kappa shape index (κ1) is 6.75. The van der Waals surface area contributed by atoms with Crippen molar-refractivity contribution in [1.29, 1.82) is 0 Å². The normalized spacial score (nSPS) is 30.1. The van der Waals surface area contributed by atoms with Crippen LogP contribution in [0.15, 0.2) is 4.99 Å². The maximum absolute atomic E-state index is 4.01. The average Bonchev–Trinajstić information content (AvgIpc) is 1.88. The molecule has 1 saturated heterocycles. The first-order valence-electron chi connectivity index (χ1n) is 3.47. The Balaban J connectivity index is 2.31. The molecule has 1 fully saturated rings. The molecular weight excluding hydrogens is 112 g/mol. The van der Waals surface area contributed by atoms with Crippen LogP contribution in [-0.4, -0.2) is 37.8 Å². The van der Waals surface area contributed by atoms with Gasteiger partial charge in [0.05, 0.1) is 6.04 Å². The predicted molar refractivity (Wildman–Crippen MR) is 40.1 cm³/mol. The number of likely N-dealkylation sites (N-methyl/N-ethyl adjacent to an activating group) is 1. The SMILES string of the molecule is C=NC1CCCN(C)C1. The maximum atomic E-state index is 4.01. The van der Waals surface area contributed by atoms with Crippen molar-refractivity contribution in [3.05, 3.63) is 0 Å². The highest BCUT2D eigenvalue weighted by Gasteiger charge is 2.13. The molecule has 1 heterocycles. The van der Waals surface area contributed by atoms with Gasteiger partial charge in [0.2, 0.25) is 0 Å². The molecule has 52 valence electrons. The molecule has 1 rings (SSSR count). The van der Waals surface area contributed by atoms with Crippen LogP contribution in [0.5, 0.6) is 0 Å². The summed E-state index contributed by atoms with van der Waals surface area (Å²) in [5, 5.41) is 0. The van der Waals surface area contributed by atoms with Gasteiger partial charge in [-0.15, -0.1) is 0 Å². The van der Waals surface area contributed by atoms with Crippen molar-refractivity contribution >= 4 is 6.72 Å². The maximum Gasteiger partial charge on any atom is 0.0619 e. The number of likely N-dealkylation sites (tertiary alicyclic amines) is 1. The largest absolute Gasteiger partial charge is 0.304 e. The Morgan fingerprint density at radius 1 is 1.67 bits per heavy atom. The molecule has 9 heavy (non-hydrogen) atoms. The highest BCUT2D eigenvalue weighted by molar-refractivity contribution is 5.24. The van der Waals surface area contributed by atoms with Crippen molar-refractivity contribution in [2.75, 3.05) is 20.1 Å². The van der Waals surface area contributed by atoms with E-state index in [0.29, 0.717) is 6.04 Å². The third-order valence-electron chi connectivity index (χ3n) is 1.86. The van der Waals surface area contributed by atoms with Crippen molar-refractivity contribution in [3.63, 3.8) is 0 Å². The van der Waals surface area contributed by atoms with Crippen molar-refractivity contribution in [1.82, 2.24) is 4.90 Å². The minimum Gasteiger partial charge on any atom is -0.304 e. The Morgan fingerprint density at radius 3 is 2.89 bits per heavy atom. The van der Waals surface area contributed by atoms with Crippen LogP contribution in [-0.2, 0) is 0 Å². The van der Waals surface area contributed by atoms with Crippen LogP contribution in [0, 0.1) is 0 Å². The van der Waals surface area contributed by atoms with E-state index < -0.39 is 0 Å². The first-order valence-corrected chi connectivity index (χ1v) is 3.47. The monoisotopic (exact) mass is 126 g/mol. The molecule has 0 aromatic carbocycles. The molecule has 0 N–H and O–H groups in total. The third-order valence-corrected chi connectivity index (χ3v) is 1.86. The summed E-state index contributed by atoms with van der Waals surface area (Å²) in [6.45, 7) is 5.87. The van der Waals surface area contributed by atoms with E-state index in [1.165, 1.54) is 19.4 Å². The van der Waals surface area contributed by atoms with E-state index in [-0.39, 0.29) is 0 Å². The zero-order chi connectivity index (χ0) is 6.69. The zero-order valence-corrected chi connectivity index (χ0v) is 6.01. The van der Waals surface area contributed by atoms with Crippen molar-refractivity contribution in [2.45, 2.75) is 18.9 Å². The Kier molecular flexibility index (Phi) is 2.22. The molecule has 1 aliphatic rings. The summed E-state index contributed by atoms with van der Waals surface area (Å²) in [5.41, 5.74) is 0. The van der Waals surface area contributed by atoms with Crippen molar-refractivity contribution < 1.29 is 0 Å². The van der Waals surface area contributed by atoms with Crippen molar-refractivity contribution in [3.8, 4) is 0 Å². The molecule has 1 aliphatic heterocycles. The lowest BCUT2D eigenvalue weighted by Crippen LogP contribution is -2.34. The van der Waals surface area contributed by atoms with E-state index >= 15 is 0 Å². The van der Waals surface area contributed by atoms with Gasteiger partial charge in [-0.2, -0.15) is 0 Å². The fourth-order valence-electron chi connectivity index (χ4n) is 1.29. The van der Waals surface area contributed by atoms with E-state index in [4.69, 9.17) is 0 Å². The Bertz CT molecular complexity index is 101. The van der Waals surface area contributed by atoms with Gasteiger partial charge < -0.3 is 4.90 Å². The second-order valence-corrected chi connectivity index (χ2v) is 2.74. The number of rotatable bonds is 1. The van der Waals surface area contributed by atoms with Crippen LogP contribution in [0.1, 0.15) is 12.8 Å². The number of hydrogen-bond donors (Lipinski definition) is 0. The summed E-state index contributed by atoms with van der Waals surface area (Å²) >= 11 is 0. The molecule has 0 aromatic heterocycles. The Hall–Kier alpha value is -0.370. The lowest BCUT2D eigenvalue weighted by Gasteiger charge is -2.26. The molecule has 0 aliphatic carbocycles. The molecule has 2 heteroatoms. The molecule has 0 amide bonds. The topological polar surface area (TPSA) is 15.6 Å². The van der Waals surface area contributed by atoms with E-state index in [9.17, 15) is 0 Å². The molecule has 0 radical (unpaired) electrons. The molecular formula is C7H14N2. The number of aliphatic imine (C=N–C) groups is 1. The summed E-state index contributed by atoms with van der Waals surface area (Å²) in [7, 11) is 2.14. The van der Waals surface area contributed by atoms with Gasteiger partial charge in [0.25, 0.3) is 0 Å². The van der Waals surface area contributed by atoms with E-state index in [1.807, 2.05) is 0 Å². The second kappa shape index (κ2) is 2.97. The Morgan fingerprint density at radius 2 is 2.44 bits per heavy atom. The quantitative estimate of drug-likeness (QED) is 0.474. The lowest BCUT2D eigenvalue weighted by molar-refractivity contribution is 0.253. The van der Waals surface area contributed by atoms with Crippen LogP contribution in [0.2, 0.25) is 0 Å². The molecule has 0 saturated carbocycles. The number of hydrogen-bond acceptors (Lipinski definition) is 2. The summed E-state index contributed by atoms with van der Waals surface area (Å²) < 4.78 is 0. The lowest BCUT2D eigenvalue weighted by atomic mass is 10.1. The van der Waals surface area contributed by atoms with Crippen LogP contribution in [0.4, 0.5) is 0 Å². The summed E-state index contributed by atoms with van der Waals surface area (Å²) in [5.74, 6) is 0. The first-order chi connectivity index (χ1) is 4.33. The van der Waals surface area contributed by atoms with Gasteiger partial charge in [-0.1, -0.05) is 0 Å². The van der Waals surface area contributed by atoms with E-state index in [1.54, 1.807) is 0 Å². The highest BCUT2D eigenvalue weighted by atomic mass is 15.1. The summed E-state index contributed by atoms with van der Waals surface area (Å²) in [6.07, 6.45) is 2.51. The fraction of sp³-hybridized carbons (Fsp3) is 0.857. The minimum atomic E-state index is 0.503. The van der Waals surface area contributed by atoms with Gasteiger partial charge in [-0.05, 0) is 33.2 Å². The standard InChI is InChI=1S/C7H14N2/c1-8-7-4-3-5-9(2)6-7/h7H,1,3-6H2,2H3. The van der Waals surface area contributed by atoms with Gasteiger partial charge in [-0.3, -0.25) is 4.99 Å². The summed E-state index contributed by atoms with van der Waals surface area (Å²) in [4.78, 5) is 6.31. The van der Waals surface area contributed by atoms with Gasteiger partial charge in [0.15, 0.2) is 0 Å². The highest BCUT2D eigenvalue weighted by Crippen LogP contribution is 2.09. The van der Waals surface area contributed by atoms with Gasteiger partial charge >= 0.3 is 0 Å². The molecule has 1 atom stereocenters. The van der Waals surface area contributed by atoms with Gasteiger partial charge in [0, 0.05) is 6.54 Å². The minimum absolute atomic E-state index is 0.503. The smallest absolute Gasteiger partial charge is 0.0619 e. The molecule has 1 unspecified atom stereocenters. The molecule has 0 aromatic rings. The molecule has 0 spiro atoms. The third kappa shape index (κ3) is 1.79. The average molecular weight is 126 g/mol. The van der Waals surface area contributed by atoms with Crippen LogP contribution >= 0.6 is 0 Å². The van der Waals surface area contributed by atoms with E-state index in [0.717, 1.165) is 6.54 Å². The second-order valence-electron chi connectivity index (χ2n) is 2.74. The van der Waals surface area contributed by atoms with Crippen LogP contribution in [0.3, 0.4) is 0 Å².